The van der Waals surface area contributed by atoms with Crippen LogP contribution in [-0.4, -0.2) is 32.9 Å². The number of anilines is 2. The second-order valence-corrected chi connectivity index (χ2v) is 8.08. The van der Waals surface area contributed by atoms with Crippen LogP contribution in [0.1, 0.15) is 18.1 Å². The molecule has 0 bridgehead atoms. The second kappa shape index (κ2) is 11.3. The van der Waals surface area contributed by atoms with Crippen LogP contribution >= 0.6 is 11.6 Å². The molecule has 33 heavy (non-hydrogen) atoms. The van der Waals surface area contributed by atoms with E-state index in [-0.39, 0.29) is 12.4 Å². The van der Waals surface area contributed by atoms with Gasteiger partial charge in [0, 0.05) is 36.4 Å². The average Bonchev–Trinajstić information content (AvgIpc) is 2.84. The lowest BCUT2D eigenvalue weighted by Crippen LogP contribution is -2.36. The summed E-state index contributed by atoms with van der Waals surface area (Å²) in [5.74, 6) is 0.945. The molecule has 3 aromatic rings. The molecule has 1 aliphatic rings. The lowest BCUT2D eigenvalue weighted by atomic mass is 10.1. The van der Waals surface area contributed by atoms with Gasteiger partial charge in [-0.1, -0.05) is 41.9 Å². The van der Waals surface area contributed by atoms with Gasteiger partial charge in [-0.15, -0.1) is 0 Å². The zero-order chi connectivity index (χ0) is 23.0. The average molecular weight is 471 g/mol. The van der Waals surface area contributed by atoms with Crippen LogP contribution in [0.15, 0.2) is 60.7 Å². The highest BCUT2D eigenvalue weighted by atomic mass is 35.5. The lowest BCUT2D eigenvalue weighted by molar-refractivity contribution is 0.122. The van der Waals surface area contributed by atoms with Gasteiger partial charge in [-0.3, -0.25) is 0 Å². The predicted octanol–water partition coefficient (Wildman–Crippen LogP) is 5.91. The van der Waals surface area contributed by atoms with Crippen LogP contribution in [-0.2, 0) is 17.9 Å². The Bertz CT molecular complexity index is 1070. The van der Waals surface area contributed by atoms with E-state index >= 15 is 0 Å². The predicted molar refractivity (Wildman–Crippen MR) is 130 cm³/mol. The van der Waals surface area contributed by atoms with Gasteiger partial charge in [-0.2, -0.15) is 0 Å². The zero-order valence-electron chi connectivity index (χ0n) is 18.7. The number of ether oxygens (including phenoxy) is 3. The number of nitrogens with zero attached hydrogens (tertiary/aromatic N) is 1. The van der Waals surface area contributed by atoms with Crippen LogP contribution < -0.4 is 19.7 Å². The molecule has 0 atom stereocenters. The van der Waals surface area contributed by atoms with E-state index in [0.717, 1.165) is 30.0 Å². The van der Waals surface area contributed by atoms with Gasteiger partial charge in [0.25, 0.3) is 0 Å². The minimum Gasteiger partial charge on any atom is -0.490 e. The fraction of sp³-hybridized carbons (Fsp3) is 0.308. The van der Waals surface area contributed by atoms with E-state index in [1.54, 1.807) is 18.2 Å². The number of halogens is 2. The Hall–Kier alpha value is -2.96. The summed E-state index contributed by atoms with van der Waals surface area (Å²) in [5.41, 5.74) is 3.32. The summed E-state index contributed by atoms with van der Waals surface area (Å²) in [5, 5.41) is 4.11. The number of morpholine rings is 1. The van der Waals surface area contributed by atoms with Gasteiger partial charge in [0.05, 0.1) is 30.5 Å². The molecule has 7 heteroatoms. The fourth-order valence-electron chi connectivity index (χ4n) is 3.77. The molecule has 5 nitrogen and oxygen atoms in total. The topological polar surface area (TPSA) is 43.0 Å². The number of hydrogen-bond acceptors (Lipinski definition) is 5. The smallest absolute Gasteiger partial charge is 0.166 e. The van der Waals surface area contributed by atoms with Crippen LogP contribution in [0.3, 0.4) is 0 Å². The first-order valence-corrected chi connectivity index (χ1v) is 11.5. The maximum Gasteiger partial charge on any atom is 0.166 e. The molecule has 1 fully saturated rings. The third-order valence-electron chi connectivity index (χ3n) is 5.47. The summed E-state index contributed by atoms with van der Waals surface area (Å²) in [6.07, 6.45) is 0. The van der Waals surface area contributed by atoms with E-state index in [4.69, 9.17) is 25.8 Å². The van der Waals surface area contributed by atoms with E-state index in [1.807, 2.05) is 43.3 Å². The number of hydrogen-bond donors (Lipinski definition) is 1. The van der Waals surface area contributed by atoms with Gasteiger partial charge < -0.3 is 24.4 Å². The van der Waals surface area contributed by atoms with E-state index < -0.39 is 0 Å². The molecule has 1 aliphatic heterocycles. The summed E-state index contributed by atoms with van der Waals surface area (Å²) < 4.78 is 31.3. The Labute approximate surface area is 199 Å². The summed E-state index contributed by atoms with van der Waals surface area (Å²) in [6, 6.07) is 18.3. The minimum absolute atomic E-state index is 0.115. The van der Waals surface area contributed by atoms with Crippen LogP contribution in [0.4, 0.5) is 15.8 Å². The third kappa shape index (κ3) is 5.89. The Kier molecular flexibility index (Phi) is 7.92. The van der Waals surface area contributed by atoms with Crippen molar-refractivity contribution in [2.75, 3.05) is 43.1 Å². The summed E-state index contributed by atoms with van der Waals surface area (Å²) in [4.78, 5) is 2.23. The van der Waals surface area contributed by atoms with Gasteiger partial charge in [-0.25, -0.2) is 4.39 Å². The molecule has 0 saturated carbocycles. The summed E-state index contributed by atoms with van der Waals surface area (Å²) >= 11 is 6.57. The number of rotatable bonds is 9. The molecule has 3 aromatic carbocycles. The SMILES string of the molecule is CCOc1cccc(CNc2ccc(N3CCOCC3)c(Cl)c2)c1OCc1ccccc1F. The Morgan fingerprint density at radius 1 is 1.00 bits per heavy atom. The maximum absolute atomic E-state index is 14.1. The van der Waals surface area contributed by atoms with Gasteiger partial charge in [0.1, 0.15) is 12.4 Å². The van der Waals surface area contributed by atoms with E-state index in [0.29, 0.717) is 48.5 Å². The van der Waals surface area contributed by atoms with Crippen molar-refractivity contribution in [3.8, 4) is 11.5 Å². The maximum atomic E-state index is 14.1. The van der Waals surface area contributed by atoms with Crippen molar-refractivity contribution in [1.82, 2.24) is 0 Å². The second-order valence-electron chi connectivity index (χ2n) is 7.68. The van der Waals surface area contributed by atoms with Gasteiger partial charge in [-0.05, 0) is 37.3 Å². The number of benzene rings is 3. The molecule has 1 heterocycles. The standard InChI is InChI=1S/C26H28ClFN2O3/c1-2-32-25-9-5-7-19(26(25)33-18-20-6-3-4-8-23(20)28)17-29-21-10-11-24(22(27)16-21)30-12-14-31-15-13-30/h3-11,16,29H,2,12-15,17-18H2,1H3. The largest absolute Gasteiger partial charge is 0.490 e. The molecular formula is C26H28ClFN2O3. The molecule has 0 radical (unpaired) electrons. The first-order valence-electron chi connectivity index (χ1n) is 11.1. The molecule has 0 spiro atoms. The molecule has 1 N–H and O–H groups in total. The molecule has 0 aliphatic carbocycles. The van der Waals surface area contributed by atoms with Gasteiger partial charge in [0.2, 0.25) is 0 Å². The molecule has 0 aromatic heterocycles. The zero-order valence-corrected chi connectivity index (χ0v) is 19.4. The van der Waals surface area contributed by atoms with Crippen LogP contribution in [0.25, 0.3) is 0 Å². The van der Waals surface area contributed by atoms with Gasteiger partial charge >= 0.3 is 0 Å². The molecule has 4 rings (SSSR count). The molecule has 174 valence electrons. The fourth-order valence-corrected chi connectivity index (χ4v) is 4.07. The Morgan fingerprint density at radius 2 is 1.79 bits per heavy atom. The highest BCUT2D eigenvalue weighted by molar-refractivity contribution is 6.33. The van der Waals surface area contributed by atoms with Crippen LogP contribution in [0.5, 0.6) is 11.5 Å². The molecule has 0 unspecified atom stereocenters. The first kappa shape index (κ1) is 23.2. The lowest BCUT2D eigenvalue weighted by Gasteiger charge is -2.29. The normalized spacial score (nSPS) is 13.6. The van der Waals surface area contributed by atoms with Crippen molar-refractivity contribution < 1.29 is 18.6 Å². The Balaban J connectivity index is 1.48. The monoisotopic (exact) mass is 470 g/mol. The van der Waals surface area contributed by atoms with E-state index in [9.17, 15) is 4.39 Å². The molecule has 1 saturated heterocycles. The van der Waals surface area contributed by atoms with Gasteiger partial charge in [0.15, 0.2) is 11.5 Å². The van der Waals surface area contributed by atoms with Crippen molar-refractivity contribution >= 4 is 23.0 Å². The highest BCUT2D eigenvalue weighted by Crippen LogP contribution is 2.34. The van der Waals surface area contributed by atoms with E-state index in [2.05, 4.69) is 10.2 Å². The molecular weight excluding hydrogens is 443 g/mol. The van der Waals surface area contributed by atoms with Crippen LogP contribution in [0.2, 0.25) is 5.02 Å². The van der Waals surface area contributed by atoms with Crippen molar-refractivity contribution in [2.45, 2.75) is 20.1 Å². The number of para-hydroxylation sites is 1. The quantitative estimate of drug-likeness (QED) is 0.421. The number of nitrogens with one attached hydrogen (secondary N) is 1. The third-order valence-corrected chi connectivity index (χ3v) is 5.78. The minimum atomic E-state index is -0.291. The Morgan fingerprint density at radius 3 is 2.55 bits per heavy atom. The van der Waals surface area contributed by atoms with Crippen molar-refractivity contribution in [2.24, 2.45) is 0 Å². The summed E-state index contributed by atoms with van der Waals surface area (Å²) in [7, 11) is 0. The van der Waals surface area contributed by atoms with Crippen molar-refractivity contribution in [1.29, 1.82) is 0 Å². The first-order chi connectivity index (χ1) is 16.2. The van der Waals surface area contributed by atoms with E-state index in [1.165, 1.54) is 6.07 Å². The van der Waals surface area contributed by atoms with Crippen molar-refractivity contribution in [3.05, 3.63) is 82.6 Å². The van der Waals surface area contributed by atoms with Crippen LogP contribution in [0, 0.1) is 5.82 Å². The highest BCUT2D eigenvalue weighted by Gasteiger charge is 2.16. The summed E-state index contributed by atoms with van der Waals surface area (Å²) in [6.45, 7) is 6.13. The molecule has 0 amide bonds. The van der Waals surface area contributed by atoms with Crippen molar-refractivity contribution in [3.63, 3.8) is 0 Å².